The number of nitrogens with zero attached hydrogens (tertiary/aromatic N) is 2. The lowest BCUT2D eigenvalue weighted by atomic mass is 10.1. The largest absolute Gasteiger partial charge is 0.319 e. The van der Waals surface area contributed by atoms with Crippen LogP contribution in [0.4, 0.5) is 0 Å². The smallest absolute Gasteiger partial charge is 0.140 e. The first-order chi connectivity index (χ1) is 7.06. The van der Waals surface area contributed by atoms with E-state index in [2.05, 4.69) is 26.3 Å². The fourth-order valence-electron chi connectivity index (χ4n) is 1.41. The number of hydrogen-bond donors (Lipinski definition) is 1. The van der Waals surface area contributed by atoms with E-state index in [0.717, 1.165) is 22.4 Å². The molecule has 0 saturated carbocycles. The van der Waals surface area contributed by atoms with E-state index >= 15 is 0 Å². The van der Waals surface area contributed by atoms with Crippen LogP contribution in [0.2, 0.25) is 0 Å². The van der Waals surface area contributed by atoms with Crippen LogP contribution in [0.1, 0.15) is 17.8 Å². The number of carbonyl (C=O) groups excluding carboxylic acids is 1. The van der Waals surface area contributed by atoms with E-state index in [-0.39, 0.29) is 5.78 Å². The topological polar surface area (TPSA) is 46.9 Å². The summed E-state index contributed by atoms with van der Waals surface area (Å²) in [6.07, 6.45) is 1.01. The van der Waals surface area contributed by atoms with Crippen molar-refractivity contribution >= 4 is 21.7 Å². The Morgan fingerprint density at radius 1 is 1.60 bits per heavy atom. The van der Waals surface area contributed by atoms with Crippen molar-refractivity contribution in [1.29, 1.82) is 0 Å². The second-order valence-corrected chi connectivity index (χ2v) is 4.33. The molecule has 0 fully saturated rings. The minimum atomic E-state index is 0.230. The molecule has 0 atom stereocenters. The number of halogens is 1. The van der Waals surface area contributed by atoms with Gasteiger partial charge in [0.15, 0.2) is 0 Å². The maximum atomic E-state index is 11.6. The van der Waals surface area contributed by atoms with E-state index in [1.54, 1.807) is 4.68 Å². The molecule has 1 N–H and O–H groups in total. The van der Waals surface area contributed by atoms with Gasteiger partial charge < -0.3 is 5.32 Å². The van der Waals surface area contributed by atoms with Crippen molar-refractivity contribution in [3.05, 3.63) is 15.9 Å². The summed E-state index contributed by atoms with van der Waals surface area (Å²) in [5.74, 6) is 0.230. The van der Waals surface area contributed by atoms with Crippen molar-refractivity contribution in [1.82, 2.24) is 15.1 Å². The summed E-state index contributed by atoms with van der Waals surface area (Å²) in [4.78, 5) is 11.6. The van der Waals surface area contributed by atoms with Gasteiger partial charge in [-0.2, -0.15) is 5.10 Å². The van der Waals surface area contributed by atoms with Gasteiger partial charge in [0, 0.05) is 26.4 Å². The van der Waals surface area contributed by atoms with Gasteiger partial charge in [0.1, 0.15) is 5.78 Å². The van der Waals surface area contributed by atoms with Crippen molar-refractivity contribution in [2.24, 2.45) is 7.05 Å². The maximum Gasteiger partial charge on any atom is 0.140 e. The molecule has 0 aliphatic rings. The fraction of sp³-hybridized carbons (Fsp3) is 0.600. The zero-order valence-corrected chi connectivity index (χ0v) is 10.9. The minimum Gasteiger partial charge on any atom is -0.319 e. The monoisotopic (exact) mass is 273 g/mol. The highest BCUT2D eigenvalue weighted by Gasteiger charge is 2.13. The molecule has 0 radical (unpaired) electrons. The number of aryl methyl sites for hydroxylation is 2. The summed E-state index contributed by atoms with van der Waals surface area (Å²) in [6, 6.07) is 0. The highest BCUT2D eigenvalue weighted by molar-refractivity contribution is 9.10. The summed E-state index contributed by atoms with van der Waals surface area (Å²) in [7, 11) is 3.70. The third kappa shape index (κ3) is 3.14. The molecule has 0 unspecified atom stereocenters. The molecule has 4 nitrogen and oxygen atoms in total. The molecule has 0 bridgehead atoms. The Balaban J connectivity index is 2.68. The van der Waals surface area contributed by atoms with Crippen molar-refractivity contribution < 1.29 is 4.79 Å². The molecule has 1 aromatic rings. The van der Waals surface area contributed by atoms with Crippen molar-refractivity contribution in [2.45, 2.75) is 19.8 Å². The first-order valence-corrected chi connectivity index (χ1v) is 5.69. The molecule has 0 saturated heterocycles. The van der Waals surface area contributed by atoms with Crippen LogP contribution in [0.5, 0.6) is 0 Å². The second kappa shape index (κ2) is 5.42. The van der Waals surface area contributed by atoms with E-state index in [1.807, 2.05) is 21.0 Å². The Labute approximate surface area is 98.2 Å². The number of hydrogen-bond acceptors (Lipinski definition) is 3. The van der Waals surface area contributed by atoms with Crippen LogP contribution < -0.4 is 5.32 Å². The van der Waals surface area contributed by atoms with Gasteiger partial charge in [-0.05, 0) is 29.9 Å². The molecule has 5 heteroatoms. The molecule has 0 spiro atoms. The number of Topliss-reactive ketones (excluding diaryl/α,β-unsaturated/α-hetero) is 1. The second-order valence-electron chi connectivity index (χ2n) is 3.54. The molecule has 0 aromatic carbocycles. The number of ketones is 1. The zero-order chi connectivity index (χ0) is 11.4. The van der Waals surface area contributed by atoms with Crippen LogP contribution in [0.15, 0.2) is 4.47 Å². The number of carbonyl (C=O) groups is 1. The van der Waals surface area contributed by atoms with Gasteiger partial charge in [0.2, 0.25) is 0 Å². The van der Waals surface area contributed by atoms with E-state index in [4.69, 9.17) is 0 Å². The van der Waals surface area contributed by atoms with Crippen LogP contribution in [0.3, 0.4) is 0 Å². The van der Waals surface area contributed by atoms with E-state index in [0.29, 0.717) is 12.8 Å². The van der Waals surface area contributed by atoms with Crippen LogP contribution in [0.25, 0.3) is 0 Å². The zero-order valence-electron chi connectivity index (χ0n) is 9.30. The first kappa shape index (κ1) is 12.4. The third-order valence-corrected chi connectivity index (χ3v) is 3.31. The Kier molecular flexibility index (Phi) is 4.47. The van der Waals surface area contributed by atoms with Gasteiger partial charge in [0.25, 0.3) is 0 Å². The molecule has 84 valence electrons. The molecule has 1 rings (SSSR count). The Hall–Kier alpha value is -0.680. The van der Waals surface area contributed by atoms with E-state index in [9.17, 15) is 4.79 Å². The number of rotatable bonds is 5. The summed E-state index contributed by atoms with van der Waals surface area (Å²) < 4.78 is 2.71. The SMILES string of the molecule is CNCCC(=O)Cc1c(Br)c(C)nn1C. The Bertz CT molecular complexity index is 360. The highest BCUT2D eigenvalue weighted by atomic mass is 79.9. The lowest BCUT2D eigenvalue weighted by molar-refractivity contribution is -0.118. The standard InChI is InChI=1S/C10H16BrN3O/c1-7-10(11)9(14(3)13-7)6-8(15)4-5-12-2/h12H,4-6H2,1-3H3. The molecular weight excluding hydrogens is 258 g/mol. The van der Waals surface area contributed by atoms with Gasteiger partial charge in [-0.25, -0.2) is 0 Å². The van der Waals surface area contributed by atoms with Crippen molar-refractivity contribution in [2.75, 3.05) is 13.6 Å². The summed E-state index contributed by atoms with van der Waals surface area (Å²) in [6.45, 7) is 2.65. The average molecular weight is 274 g/mol. The van der Waals surface area contributed by atoms with Gasteiger partial charge in [-0.1, -0.05) is 0 Å². The summed E-state index contributed by atoms with van der Waals surface area (Å²) in [5.41, 5.74) is 1.88. The fourth-order valence-corrected chi connectivity index (χ4v) is 1.89. The number of nitrogens with one attached hydrogen (secondary N) is 1. The van der Waals surface area contributed by atoms with Crippen LogP contribution >= 0.6 is 15.9 Å². The molecule has 0 aliphatic carbocycles. The average Bonchev–Trinajstić information content (AvgIpc) is 2.42. The van der Waals surface area contributed by atoms with Gasteiger partial charge in [-0.15, -0.1) is 0 Å². The van der Waals surface area contributed by atoms with Crippen LogP contribution in [-0.4, -0.2) is 29.2 Å². The van der Waals surface area contributed by atoms with Crippen molar-refractivity contribution in [3.63, 3.8) is 0 Å². The minimum absolute atomic E-state index is 0.230. The lowest BCUT2D eigenvalue weighted by Crippen LogP contribution is -2.15. The molecule has 0 aliphatic heterocycles. The molecule has 0 amide bonds. The predicted molar refractivity (Wildman–Crippen MR) is 62.9 cm³/mol. The van der Waals surface area contributed by atoms with Crippen LogP contribution in [-0.2, 0) is 18.3 Å². The predicted octanol–water partition coefficient (Wildman–Crippen LogP) is 1.21. The normalized spacial score (nSPS) is 10.7. The third-order valence-electron chi connectivity index (χ3n) is 2.28. The molecule has 1 aromatic heterocycles. The summed E-state index contributed by atoms with van der Waals surface area (Å²) in [5, 5.41) is 7.21. The highest BCUT2D eigenvalue weighted by Crippen LogP contribution is 2.20. The van der Waals surface area contributed by atoms with E-state index < -0.39 is 0 Å². The van der Waals surface area contributed by atoms with Gasteiger partial charge in [-0.3, -0.25) is 9.48 Å². The quantitative estimate of drug-likeness (QED) is 0.878. The molecule has 1 heterocycles. The maximum absolute atomic E-state index is 11.6. The van der Waals surface area contributed by atoms with Gasteiger partial charge in [0.05, 0.1) is 15.9 Å². The molecule has 15 heavy (non-hydrogen) atoms. The first-order valence-electron chi connectivity index (χ1n) is 4.90. The van der Waals surface area contributed by atoms with Crippen molar-refractivity contribution in [3.8, 4) is 0 Å². The van der Waals surface area contributed by atoms with Gasteiger partial charge >= 0.3 is 0 Å². The lowest BCUT2D eigenvalue weighted by Gasteiger charge is -2.02. The van der Waals surface area contributed by atoms with E-state index in [1.165, 1.54) is 0 Å². The number of aromatic nitrogens is 2. The Morgan fingerprint density at radius 3 is 2.73 bits per heavy atom. The van der Waals surface area contributed by atoms with Crippen LogP contribution in [0, 0.1) is 6.92 Å². The Morgan fingerprint density at radius 2 is 2.27 bits per heavy atom. The molecular formula is C10H16BrN3O. The summed E-state index contributed by atoms with van der Waals surface area (Å²) >= 11 is 3.45.